The Morgan fingerprint density at radius 3 is 2.20 bits per heavy atom. The first-order chi connectivity index (χ1) is 21.7. The highest BCUT2D eigenvalue weighted by atomic mass is 32.2. The van der Waals surface area contributed by atoms with E-state index in [4.69, 9.17) is 14.2 Å². The predicted octanol–water partition coefficient (Wildman–Crippen LogP) is 4.77. The fraction of sp³-hybridized carbons (Fsp3) is 0.182. The molecule has 0 bridgehead atoms. The van der Waals surface area contributed by atoms with Gasteiger partial charge in [-0.05, 0) is 80.1 Å². The van der Waals surface area contributed by atoms with E-state index in [1.165, 1.54) is 25.5 Å². The van der Waals surface area contributed by atoms with Gasteiger partial charge in [0.1, 0.15) is 23.8 Å². The summed E-state index contributed by atoms with van der Waals surface area (Å²) < 4.78 is 44.8. The van der Waals surface area contributed by atoms with E-state index in [0.717, 1.165) is 9.87 Å². The first-order valence-corrected chi connectivity index (χ1v) is 15.4. The monoisotopic (exact) mass is 630 g/mol. The summed E-state index contributed by atoms with van der Waals surface area (Å²) in [4.78, 5) is 25.3. The van der Waals surface area contributed by atoms with Crippen molar-refractivity contribution in [2.75, 3.05) is 36.5 Å². The number of sulfonamides is 1. The van der Waals surface area contributed by atoms with Crippen molar-refractivity contribution in [3.8, 4) is 17.2 Å². The maximum absolute atomic E-state index is 13.7. The molecule has 0 radical (unpaired) electrons. The molecule has 12 heteroatoms. The highest BCUT2D eigenvalue weighted by molar-refractivity contribution is 7.92. The topological polar surface area (TPSA) is 136 Å². The summed E-state index contributed by atoms with van der Waals surface area (Å²) in [6, 6.07) is 26.7. The number of nitrogens with one attached hydrogen (secondary N) is 2. The van der Waals surface area contributed by atoms with Crippen molar-refractivity contribution in [2.24, 2.45) is 5.10 Å². The molecule has 0 fully saturated rings. The van der Waals surface area contributed by atoms with Crippen LogP contribution in [0.1, 0.15) is 18.1 Å². The van der Waals surface area contributed by atoms with Crippen LogP contribution in [0.5, 0.6) is 17.2 Å². The van der Waals surface area contributed by atoms with E-state index in [1.807, 2.05) is 6.92 Å². The van der Waals surface area contributed by atoms with E-state index < -0.39 is 22.5 Å². The normalized spacial score (nSPS) is 11.1. The minimum Gasteiger partial charge on any atom is -0.495 e. The van der Waals surface area contributed by atoms with Gasteiger partial charge < -0.3 is 19.5 Å². The second kappa shape index (κ2) is 15.4. The largest absolute Gasteiger partial charge is 0.495 e. The molecule has 4 aromatic rings. The third-order valence-electron chi connectivity index (χ3n) is 6.36. The van der Waals surface area contributed by atoms with Gasteiger partial charge >= 0.3 is 0 Å². The Bertz CT molecular complexity index is 1740. The lowest BCUT2D eigenvalue weighted by molar-refractivity contribution is -0.119. The zero-order chi connectivity index (χ0) is 32.2. The van der Waals surface area contributed by atoms with Gasteiger partial charge in [0, 0.05) is 0 Å². The summed E-state index contributed by atoms with van der Waals surface area (Å²) in [5.41, 5.74) is 4.69. The molecular formula is C33H34N4O7S. The van der Waals surface area contributed by atoms with Gasteiger partial charge in [-0.3, -0.25) is 13.9 Å². The number of methoxy groups -OCH3 is 1. The quantitative estimate of drug-likeness (QED) is 0.151. The van der Waals surface area contributed by atoms with Crippen LogP contribution in [0, 0.1) is 6.92 Å². The average Bonchev–Trinajstić information content (AvgIpc) is 3.04. The molecular weight excluding hydrogens is 596 g/mol. The van der Waals surface area contributed by atoms with Crippen molar-refractivity contribution in [3.05, 3.63) is 108 Å². The smallest absolute Gasteiger partial charge is 0.264 e. The zero-order valence-electron chi connectivity index (χ0n) is 25.1. The van der Waals surface area contributed by atoms with Crippen LogP contribution in [-0.2, 0) is 19.6 Å². The van der Waals surface area contributed by atoms with Crippen LogP contribution >= 0.6 is 0 Å². The molecule has 0 aromatic heterocycles. The lowest BCUT2D eigenvalue weighted by Gasteiger charge is -2.25. The van der Waals surface area contributed by atoms with Crippen LogP contribution in [0.15, 0.2) is 107 Å². The summed E-state index contributed by atoms with van der Waals surface area (Å²) in [7, 11) is -2.61. The lowest BCUT2D eigenvalue weighted by atomic mass is 10.2. The Morgan fingerprint density at radius 2 is 1.51 bits per heavy atom. The highest BCUT2D eigenvalue weighted by Crippen LogP contribution is 2.32. The molecule has 0 aliphatic rings. The van der Waals surface area contributed by atoms with Gasteiger partial charge in [0.2, 0.25) is 0 Å². The number of nitrogens with zero attached hydrogens (tertiary/aromatic N) is 2. The molecule has 0 heterocycles. The summed E-state index contributed by atoms with van der Waals surface area (Å²) in [5, 5.41) is 6.72. The van der Waals surface area contributed by atoms with Crippen molar-refractivity contribution in [3.63, 3.8) is 0 Å². The van der Waals surface area contributed by atoms with Gasteiger partial charge in [0.15, 0.2) is 6.61 Å². The van der Waals surface area contributed by atoms with E-state index >= 15 is 0 Å². The molecule has 0 spiro atoms. The molecule has 4 aromatic carbocycles. The molecule has 0 saturated heterocycles. The molecule has 0 atom stereocenters. The Labute approximate surface area is 262 Å². The maximum atomic E-state index is 13.7. The number of anilines is 2. The molecule has 2 N–H and O–H groups in total. The van der Waals surface area contributed by atoms with E-state index in [9.17, 15) is 18.0 Å². The number of rotatable bonds is 14. The van der Waals surface area contributed by atoms with Crippen molar-refractivity contribution >= 4 is 39.4 Å². The first-order valence-electron chi connectivity index (χ1n) is 14.0. The van der Waals surface area contributed by atoms with E-state index in [1.54, 1.807) is 91.9 Å². The molecule has 45 heavy (non-hydrogen) atoms. The summed E-state index contributed by atoms with van der Waals surface area (Å²) in [6.07, 6.45) is 1.41. The number of benzene rings is 4. The predicted molar refractivity (Wildman–Crippen MR) is 173 cm³/mol. The Kier molecular flexibility index (Phi) is 11.1. The van der Waals surface area contributed by atoms with E-state index in [0.29, 0.717) is 35.1 Å². The lowest BCUT2D eigenvalue weighted by Crippen LogP contribution is -2.39. The standard InChI is InChI=1S/C33H34N4O7S/c1-4-43-31-12-8-6-10-29(31)37(45(40,41)27-19-13-24(2)14-20-27)22-32(38)36-34-21-25-15-17-26(18-16-25)44-23-33(39)35-28-9-5-7-11-30(28)42-3/h5-21H,4,22-23H2,1-3H3,(H,35,39)(H,36,38)/b34-21-. The third-order valence-corrected chi connectivity index (χ3v) is 8.14. The molecule has 0 aliphatic heterocycles. The van der Waals surface area contributed by atoms with Crippen molar-refractivity contribution in [2.45, 2.75) is 18.7 Å². The second-order valence-corrected chi connectivity index (χ2v) is 11.5. The summed E-state index contributed by atoms with van der Waals surface area (Å²) in [5.74, 6) is 0.310. The van der Waals surface area contributed by atoms with Gasteiger partial charge in [-0.15, -0.1) is 0 Å². The Balaban J connectivity index is 1.38. The third kappa shape index (κ3) is 8.83. The molecule has 4 rings (SSSR count). The van der Waals surface area contributed by atoms with Gasteiger partial charge in [0.05, 0.1) is 36.2 Å². The van der Waals surface area contributed by atoms with Gasteiger partial charge in [0.25, 0.3) is 21.8 Å². The van der Waals surface area contributed by atoms with Crippen LogP contribution in [0.25, 0.3) is 0 Å². The number of aryl methyl sites for hydroxylation is 1. The molecule has 0 saturated carbocycles. The van der Waals surface area contributed by atoms with Crippen LogP contribution in [0.2, 0.25) is 0 Å². The number of ether oxygens (including phenoxy) is 3. The van der Waals surface area contributed by atoms with Gasteiger partial charge in [-0.1, -0.05) is 42.0 Å². The number of carbonyl (C=O) groups excluding carboxylic acids is 2. The van der Waals surface area contributed by atoms with Gasteiger partial charge in [-0.25, -0.2) is 13.8 Å². The Morgan fingerprint density at radius 1 is 0.844 bits per heavy atom. The second-order valence-electron chi connectivity index (χ2n) is 9.62. The fourth-order valence-electron chi connectivity index (χ4n) is 4.16. The van der Waals surface area contributed by atoms with Crippen LogP contribution in [-0.4, -0.2) is 53.3 Å². The SMILES string of the molecule is CCOc1ccccc1N(CC(=O)N/N=C\c1ccc(OCC(=O)Nc2ccccc2OC)cc1)S(=O)(=O)c1ccc(C)cc1. The van der Waals surface area contributed by atoms with Crippen LogP contribution in [0.4, 0.5) is 11.4 Å². The van der Waals surface area contributed by atoms with Crippen molar-refractivity contribution in [1.82, 2.24) is 5.43 Å². The van der Waals surface area contributed by atoms with Crippen molar-refractivity contribution < 1.29 is 32.2 Å². The minimum absolute atomic E-state index is 0.0373. The molecule has 0 unspecified atom stereocenters. The van der Waals surface area contributed by atoms with Gasteiger partial charge in [-0.2, -0.15) is 5.10 Å². The number of carbonyl (C=O) groups is 2. The van der Waals surface area contributed by atoms with E-state index in [-0.39, 0.29) is 23.1 Å². The summed E-state index contributed by atoms with van der Waals surface area (Å²) >= 11 is 0. The zero-order valence-corrected chi connectivity index (χ0v) is 25.9. The summed E-state index contributed by atoms with van der Waals surface area (Å²) in [6.45, 7) is 3.20. The molecule has 11 nitrogen and oxygen atoms in total. The van der Waals surface area contributed by atoms with E-state index in [2.05, 4.69) is 15.8 Å². The fourth-order valence-corrected chi connectivity index (χ4v) is 5.59. The van der Waals surface area contributed by atoms with Crippen LogP contribution < -0.4 is 29.3 Å². The molecule has 0 aliphatic carbocycles. The number of para-hydroxylation sites is 4. The Hall–Kier alpha value is -5.36. The number of hydrogen-bond donors (Lipinski definition) is 2. The maximum Gasteiger partial charge on any atom is 0.264 e. The number of hydrogen-bond acceptors (Lipinski definition) is 8. The number of hydrazone groups is 1. The average molecular weight is 631 g/mol. The highest BCUT2D eigenvalue weighted by Gasteiger charge is 2.29. The van der Waals surface area contributed by atoms with Crippen molar-refractivity contribution in [1.29, 1.82) is 0 Å². The molecule has 2 amide bonds. The number of amides is 2. The first kappa shape index (κ1) is 32.6. The van der Waals surface area contributed by atoms with Crippen LogP contribution in [0.3, 0.4) is 0 Å². The molecule has 234 valence electrons. The minimum atomic E-state index is -4.13.